The first-order valence-electron chi connectivity index (χ1n) is 8.93. The quantitative estimate of drug-likeness (QED) is 0.698. The van der Waals surface area contributed by atoms with Crippen LogP contribution in [-0.2, 0) is 11.2 Å². The molecule has 3 nitrogen and oxygen atoms in total. The summed E-state index contributed by atoms with van der Waals surface area (Å²) in [5, 5.41) is 2.99. The second-order valence-electron chi connectivity index (χ2n) is 6.72. The number of Topliss-reactive ketones (excluding diaryl/α,β-unsaturated/α-hetero) is 1. The van der Waals surface area contributed by atoms with Crippen LogP contribution in [0.1, 0.15) is 66.6 Å². The summed E-state index contributed by atoms with van der Waals surface area (Å²) in [6, 6.07) is 13.7. The molecule has 0 saturated heterocycles. The van der Waals surface area contributed by atoms with Gasteiger partial charge in [-0.3, -0.25) is 9.59 Å². The molecule has 0 atom stereocenters. The number of anilines is 1. The van der Waals surface area contributed by atoms with E-state index in [1.54, 1.807) is 0 Å². The Hall–Kier alpha value is -2.42. The minimum absolute atomic E-state index is 0.00618. The highest BCUT2D eigenvalue weighted by molar-refractivity contribution is 6.00. The molecule has 1 amide bonds. The lowest BCUT2D eigenvalue weighted by Gasteiger charge is -2.16. The number of ketones is 1. The molecule has 0 aliphatic carbocycles. The van der Waals surface area contributed by atoms with Crippen molar-refractivity contribution < 1.29 is 9.59 Å². The molecule has 0 saturated carbocycles. The number of amides is 1. The Kier molecular flexibility index (Phi) is 6.51. The highest BCUT2D eigenvalue weighted by atomic mass is 16.2. The summed E-state index contributed by atoms with van der Waals surface area (Å²) >= 11 is 0. The second kappa shape index (κ2) is 8.61. The van der Waals surface area contributed by atoms with Crippen molar-refractivity contribution in [3.05, 3.63) is 64.7 Å². The Morgan fingerprint density at radius 3 is 2.28 bits per heavy atom. The normalized spacial score (nSPS) is 10.8. The van der Waals surface area contributed by atoms with Crippen LogP contribution in [0.25, 0.3) is 0 Å². The van der Waals surface area contributed by atoms with Crippen molar-refractivity contribution >= 4 is 17.4 Å². The van der Waals surface area contributed by atoms with Crippen LogP contribution < -0.4 is 5.32 Å². The number of hydrogen-bond donors (Lipinski definition) is 1. The molecule has 25 heavy (non-hydrogen) atoms. The lowest BCUT2D eigenvalue weighted by atomic mass is 9.98. The van der Waals surface area contributed by atoms with Crippen molar-refractivity contribution in [3.8, 4) is 0 Å². The average molecular weight is 337 g/mol. The van der Waals surface area contributed by atoms with Crippen molar-refractivity contribution in [1.82, 2.24) is 0 Å². The number of carbonyl (C=O) groups is 2. The minimum Gasteiger partial charge on any atom is -0.326 e. The highest BCUT2D eigenvalue weighted by Crippen LogP contribution is 2.27. The van der Waals surface area contributed by atoms with Crippen LogP contribution in [0.2, 0.25) is 0 Å². The molecule has 0 aliphatic heterocycles. The van der Waals surface area contributed by atoms with Gasteiger partial charge in [0.25, 0.3) is 0 Å². The molecule has 0 aromatic heterocycles. The first kappa shape index (κ1) is 18.9. The molecule has 1 N–H and O–H groups in total. The van der Waals surface area contributed by atoms with Gasteiger partial charge >= 0.3 is 0 Å². The van der Waals surface area contributed by atoms with E-state index in [0.717, 1.165) is 23.2 Å². The maximum Gasteiger partial charge on any atom is 0.224 e. The van der Waals surface area contributed by atoms with Crippen LogP contribution in [0.15, 0.2) is 42.5 Å². The minimum atomic E-state index is -0.116. The molecule has 0 spiro atoms. The van der Waals surface area contributed by atoms with E-state index in [4.69, 9.17) is 0 Å². The number of nitrogens with one attached hydrogen (secondary N) is 1. The van der Waals surface area contributed by atoms with Gasteiger partial charge in [0.2, 0.25) is 5.91 Å². The Morgan fingerprint density at radius 1 is 1.00 bits per heavy atom. The number of hydrogen-bond acceptors (Lipinski definition) is 2. The van der Waals surface area contributed by atoms with Crippen molar-refractivity contribution in [1.29, 1.82) is 0 Å². The Labute approximate surface area is 150 Å². The van der Waals surface area contributed by atoms with Crippen molar-refractivity contribution in [3.63, 3.8) is 0 Å². The molecule has 0 unspecified atom stereocenters. The summed E-state index contributed by atoms with van der Waals surface area (Å²) in [5.74, 6) is 0.218. The van der Waals surface area contributed by atoms with E-state index < -0.39 is 0 Å². The lowest BCUT2D eigenvalue weighted by molar-refractivity contribution is -0.116. The largest absolute Gasteiger partial charge is 0.326 e. The molecular formula is C22H27NO2. The van der Waals surface area contributed by atoms with E-state index in [1.165, 1.54) is 5.56 Å². The SMILES string of the molecule is CCc1ccc(C(=O)CCC(=O)Nc2c(C)cccc2C(C)C)cc1. The molecule has 2 aromatic carbocycles. The first-order chi connectivity index (χ1) is 11.9. The second-order valence-corrected chi connectivity index (χ2v) is 6.72. The van der Waals surface area contributed by atoms with E-state index in [-0.39, 0.29) is 24.5 Å². The molecule has 3 heteroatoms. The molecule has 0 fully saturated rings. The van der Waals surface area contributed by atoms with Gasteiger partial charge in [-0.2, -0.15) is 0 Å². The average Bonchev–Trinajstić information content (AvgIpc) is 2.61. The van der Waals surface area contributed by atoms with Crippen LogP contribution in [-0.4, -0.2) is 11.7 Å². The summed E-state index contributed by atoms with van der Waals surface area (Å²) in [6.45, 7) is 8.28. The molecule has 0 radical (unpaired) electrons. The van der Waals surface area contributed by atoms with Crippen LogP contribution in [0.5, 0.6) is 0 Å². The predicted molar refractivity (Wildman–Crippen MR) is 103 cm³/mol. The number of benzene rings is 2. The van der Waals surface area contributed by atoms with Gasteiger partial charge in [-0.1, -0.05) is 63.2 Å². The number of aryl methyl sites for hydroxylation is 2. The van der Waals surface area contributed by atoms with E-state index in [2.05, 4.69) is 26.1 Å². The molecule has 2 rings (SSSR count). The fourth-order valence-electron chi connectivity index (χ4n) is 2.84. The molecule has 0 heterocycles. The highest BCUT2D eigenvalue weighted by Gasteiger charge is 2.14. The van der Waals surface area contributed by atoms with E-state index >= 15 is 0 Å². The van der Waals surface area contributed by atoms with Gasteiger partial charge < -0.3 is 5.32 Å². The van der Waals surface area contributed by atoms with Crippen LogP contribution in [0.3, 0.4) is 0 Å². The Balaban J connectivity index is 1.98. The predicted octanol–water partition coefficient (Wildman–Crippen LogP) is 5.28. The molecule has 2 aromatic rings. The number of para-hydroxylation sites is 1. The maximum atomic E-state index is 12.3. The van der Waals surface area contributed by atoms with Crippen LogP contribution in [0.4, 0.5) is 5.69 Å². The van der Waals surface area contributed by atoms with Crippen molar-refractivity contribution in [2.75, 3.05) is 5.32 Å². The summed E-state index contributed by atoms with van der Waals surface area (Å²) in [5.41, 5.74) is 4.91. The van der Waals surface area contributed by atoms with Crippen LogP contribution in [0, 0.1) is 6.92 Å². The van der Waals surface area contributed by atoms with Crippen molar-refractivity contribution in [2.24, 2.45) is 0 Å². The van der Waals surface area contributed by atoms with E-state index in [1.807, 2.05) is 49.4 Å². The lowest BCUT2D eigenvalue weighted by Crippen LogP contribution is -2.16. The first-order valence-corrected chi connectivity index (χ1v) is 8.93. The van der Waals surface area contributed by atoms with Gasteiger partial charge in [0, 0.05) is 24.1 Å². The van der Waals surface area contributed by atoms with E-state index in [9.17, 15) is 9.59 Å². The smallest absolute Gasteiger partial charge is 0.224 e. The van der Waals surface area contributed by atoms with Gasteiger partial charge in [0.1, 0.15) is 0 Å². The van der Waals surface area contributed by atoms with Crippen molar-refractivity contribution in [2.45, 2.75) is 52.9 Å². The van der Waals surface area contributed by atoms with E-state index in [0.29, 0.717) is 11.5 Å². The molecule has 132 valence electrons. The molecular weight excluding hydrogens is 310 g/mol. The third kappa shape index (κ3) is 5.02. The fourth-order valence-corrected chi connectivity index (χ4v) is 2.84. The summed E-state index contributed by atoms with van der Waals surface area (Å²) < 4.78 is 0. The van der Waals surface area contributed by atoms with Gasteiger partial charge in [-0.15, -0.1) is 0 Å². The standard InChI is InChI=1S/C22H27NO2/c1-5-17-9-11-18(12-10-17)20(24)13-14-21(25)23-22-16(4)7-6-8-19(22)15(2)3/h6-12,15H,5,13-14H2,1-4H3,(H,23,25). The molecule has 0 bridgehead atoms. The molecule has 0 aliphatic rings. The van der Waals surface area contributed by atoms with Gasteiger partial charge in [0.15, 0.2) is 5.78 Å². The number of carbonyl (C=O) groups excluding carboxylic acids is 2. The third-order valence-corrected chi connectivity index (χ3v) is 4.45. The zero-order valence-corrected chi connectivity index (χ0v) is 15.6. The van der Waals surface area contributed by atoms with Crippen LogP contribution >= 0.6 is 0 Å². The third-order valence-electron chi connectivity index (χ3n) is 4.45. The summed E-state index contributed by atoms with van der Waals surface area (Å²) in [7, 11) is 0. The van der Waals surface area contributed by atoms with Gasteiger partial charge in [-0.25, -0.2) is 0 Å². The Morgan fingerprint density at radius 2 is 1.68 bits per heavy atom. The zero-order chi connectivity index (χ0) is 18.4. The fraction of sp³-hybridized carbons (Fsp3) is 0.364. The number of rotatable bonds is 7. The summed E-state index contributed by atoms with van der Waals surface area (Å²) in [4.78, 5) is 24.6. The Bertz CT molecular complexity index is 745. The monoisotopic (exact) mass is 337 g/mol. The zero-order valence-electron chi connectivity index (χ0n) is 15.6. The summed E-state index contributed by atoms with van der Waals surface area (Å²) in [6.07, 6.45) is 1.37. The maximum absolute atomic E-state index is 12.3. The topological polar surface area (TPSA) is 46.2 Å². The van der Waals surface area contributed by atoms with Gasteiger partial charge in [-0.05, 0) is 36.0 Å². The van der Waals surface area contributed by atoms with Gasteiger partial charge in [0.05, 0.1) is 0 Å².